The van der Waals surface area contributed by atoms with Gasteiger partial charge in [0.15, 0.2) is 0 Å². The Bertz CT molecular complexity index is 857. The fourth-order valence-corrected chi connectivity index (χ4v) is 3.12. The molecule has 1 unspecified atom stereocenters. The average Bonchev–Trinajstić information content (AvgIpc) is 2.76. The standard InChI is InChI=1S/C25H28N2O2/c1-4-12-21(5-2)25(22-15-10-7-11-16-22)27(3)24(29)19-26-23(28)18-17-20-13-8-6-9-14-20/h4-16,25H,1-2,17-19H2,3H3,(H,26,28)/b21-12+. The molecule has 0 aliphatic rings. The van der Waals surface area contributed by atoms with Crippen molar-refractivity contribution in [2.45, 2.75) is 18.9 Å². The number of nitrogens with one attached hydrogen (secondary N) is 1. The minimum atomic E-state index is -0.305. The number of hydrogen-bond acceptors (Lipinski definition) is 2. The van der Waals surface area contributed by atoms with Crippen molar-refractivity contribution < 1.29 is 9.59 Å². The van der Waals surface area contributed by atoms with E-state index in [0.717, 1.165) is 16.7 Å². The van der Waals surface area contributed by atoms with Crippen LogP contribution in [0, 0.1) is 0 Å². The molecule has 0 radical (unpaired) electrons. The summed E-state index contributed by atoms with van der Waals surface area (Å²) in [6.45, 7) is 7.57. The highest BCUT2D eigenvalue weighted by Gasteiger charge is 2.24. The van der Waals surface area contributed by atoms with Crippen LogP contribution in [0.1, 0.15) is 23.6 Å². The molecule has 4 heteroatoms. The highest BCUT2D eigenvalue weighted by molar-refractivity contribution is 5.85. The zero-order valence-electron chi connectivity index (χ0n) is 16.9. The van der Waals surface area contributed by atoms with E-state index in [2.05, 4.69) is 18.5 Å². The summed E-state index contributed by atoms with van der Waals surface area (Å²) in [7, 11) is 1.73. The van der Waals surface area contributed by atoms with Crippen LogP contribution < -0.4 is 5.32 Å². The maximum absolute atomic E-state index is 12.8. The van der Waals surface area contributed by atoms with E-state index in [9.17, 15) is 9.59 Å². The van der Waals surface area contributed by atoms with Gasteiger partial charge in [-0.05, 0) is 23.1 Å². The van der Waals surface area contributed by atoms with Crippen molar-refractivity contribution in [3.63, 3.8) is 0 Å². The number of carbonyl (C=O) groups excluding carboxylic acids is 2. The number of hydrogen-bond donors (Lipinski definition) is 1. The number of nitrogens with zero attached hydrogens (tertiary/aromatic N) is 1. The van der Waals surface area contributed by atoms with Crippen molar-refractivity contribution in [2.75, 3.05) is 13.6 Å². The van der Waals surface area contributed by atoms with Gasteiger partial charge >= 0.3 is 0 Å². The summed E-state index contributed by atoms with van der Waals surface area (Å²) in [4.78, 5) is 26.6. The van der Waals surface area contributed by atoms with Crippen LogP contribution in [-0.4, -0.2) is 30.3 Å². The first kappa shape index (κ1) is 21.9. The predicted octanol–water partition coefficient (Wildman–Crippen LogP) is 4.23. The van der Waals surface area contributed by atoms with Gasteiger partial charge in [0, 0.05) is 13.5 Å². The summed E-state index contributed by atoms with van der Waals surface area (Å²) in [5, 5.41) is 2.73. The number of aryl methyl sites for hydroxylation is 1. The quantitative estimate of drug-likeness (QED) is 0.619. The Labute approximate surface area is 173 Å². The van der Waals surface area contributed by atoms with Crippen molar-refractivity contribution in [3.8, 4) is 0 Å². The van der Waals surface area contributed by atoms with Gasteiger partial charge in [0.1, 0.15) is 0 Å². The molecule has 0 heterocycles. The van der Waals surface area contributed by atoms with E-state index in [-0.39, 0.29) is 24.4 Å². The van der Waals surface area contributed by atoms with E-state index in [1.165, 1.54) is 0 Å². The lowest BCUT2D eigenvalue weighted by molar-refractivity contribution is -0.133. The smallest absolute Gasteiger partial charge is 0.242 e. The molecule has 0 fully saturated rings. The molecule has 0 aromatic heterocycles. The molecular formula is C25H28N2O2. The summed E-state index contributed by atoms with van der Waals surface area (Å²) in [6.07, 6.45) is 6.23. The highest BCUT2D eigenvalue weighted by atomic mass is 16.2. The Morgan fingerprint density at radius 1 is 1.03 bits per heavy atom. The van der Waals surface area contributed by atoms with Crippen LogP contribution in [0.15, 0.2) is 97.6 Å². The Hall–Kier alpha value is -3.40. The molecule has 0 saturated heterocycles. The lowest BCUT2D eigenvalue weighted by Gasteiger charge is -2.30. The summed E-state index contributed by atoms with van der Waals surface area (Å²) < 4.78 is 0. The molecule has 2 rings (SSSR count). The van der Waals surface area contributed by atoms with Crippen LogP contribution in [0.3, 0.4) is 0 Å². The van der Waals surface area contributed by atoms with Gasteiger partial charge in [0.2, 0.25) is 11.8 Å². The molecule has 0 bridgehead atoms. The first-order chi connectivity index (χ1) is 14.1. The van der Waals surface area contributed by atoms with Crippen molar-refractivity contribution in [1.82, 2.24) is 10.2 Å². The Balaban J connectivity index is 2.01. The number of carbonyl (C=O) groups is 2. The SMILES string of the molecule is C=C/C=C(\C=C)C(c1ccccc1)N(C)C(=O)CNC(=O)CCc1ccccc1. The lowest BCUT2D eigenvalue weighted by Crippen LogP contribution is -2.40. The molecule has 0 saturated carbocycles. The zero-order valence-corrected chi connectivity index (χ0v) is 16.9. The molecule has 4 nitrogen and oxygen atoms in total. The Kier molecular flexibility index (Phi) is 8.64. The van der Waals surface area contributed by atoms with Crippen LogP contribution in [0.5, 0.6) is 0 Å². The highest BCUT2D eigenvalue weighted by Crippen LogP contribution is 2.28. The molecule has 2 aromatic rings. The third-order valence-electron chi connectivity index (χ3n) is 4.68. The van der Waals surface area contributed by atoms with Crippen LogP contribution in [0.4, 0.5) is 0 Å². The normalized spacial score (nSPS) is 12.0. The summed E-state index contributed by atoms with van der Waals surface area (Å²) in [6, 6.07) is 19.2. The number of benzene rings is 2. The molecule has 0 aliphatic carbocycles. The van der Waals surface area contributed by atoms with Crippen LogP contribution in [0.25, 0.3) is 0 Å². The number of rotatable bonds is 10. The molecule has 0 spiro atoms. The van der Waals surface area contributed by atoms with E-state index >= 15 is 0 Å². The van der Waals surface area contributed by atoms with Gasteiger partial charge in [0.05, 0.1) is 12.6 Å². The van der Waals surface area contributed by atoms with Crippen molar-refractivity contribution in [3.05, 3.63) is 109 Å². The minimum absolute atomic E-state index is 0.0496. The first-order valence-electron chi connectivity index (χ1n) is 9.63. The first-order valence-corrected chi connectivity index (χ1v) is 9.63. The predicted molar refractivity (Wildman–Crippen MR) is 118 cm³/mol. The maximum atomic E-state index is 12.8. The monoisotopic (exact) mass is 388 g/mol. The van der Waals surface area contributed by atoms with Gasteiger partial charge in [0.25, 0.3) is 0 Å². The summed E-state index contributed by atoms with van der Waals surface area (Å²) in [5.41, 5.74) is 2.92. The second-order valence-corrected chi connectivity index (χ2v) is 6.69. The fourth-order valence-electron chi connectivity index (χ4n) is 3.12. The molecular weight excluding hydrogens is 360 g/mol. The third kappa shape index (κ3) is 6.61. The van der Waals surface area contributed by atoms with Crippen molar-refractivity contribution in [1.29, 1.82) is 0 Å². The molecule has 1 atom stereocenters. The lowest BCUT2D eigenvalue weighted by atomic mass is 9.96. The van der Waals surface area contributed by atoms with Gasteiger partial charge in [-0.25, -0.2) is 0 Å². The third-order valence-corrected chi connectivity index (χ3v) is 4.68. The molecule has 29 heavy (non-hydrogen) atoms. The van der Waals surface area contributed by atoms with E-state index < -0.39 is 0 Å². The molecule has 2 aromatic carbocycles. The topological polar surface area (TPSA) is 49.4 Å². The fraction of sp³-hybridized carbons (Fsp3) is 0.200. The van der Waals surface area contributed by atoms with E-state index in [0.29, 0.717) is 12.8 Å². The average molecular weight is 389 g/mol. The summed E-state index contributed by atoms with van der Waals surface area (Å²) >= 11 is 0. The Morgan fingerprint density at radius 2 is 1.66 bits per heavy atom. The van der Waals surface area contributed by atoms with E-state index in [4.69, 9.17) is 0 Å². The molecule has 2 amide bonds. The molecule has 1 N–H and O–H groups in total. The van der Waals surface area contributed by atoms with Crippen LogP contribution >= 0.6 is 0 Å². The van der Waals surface area contributed by atoms with Gasteiger partial charge < -0.3 is 10.2 Å². The van der Waals surface area contributed by atoms with E-state index in [1.807, 2.05) is 66.7 Å². The van der Waals surface area contributed by atoms with E-state index in [1.54, 1.807) is 24.1 Å². The number of allylic oxidation sites excluding steroid dienone is 2. The van der Waals surface area contributed by atoms with Crippen LogP contribution in [0.2, 0.25) is 0 Å². The van der Waals surface area contributed by atoms with Gasteiger partial charge in [-0.2, -0.15) is 0 Å². The summed E-state index contributed by atoms with van der Waals surface area (Å²) in [5.74, 6) is -0.318. The second-order valence-electron chi connectivity index (χ2n) is 6.69. The van der Waals surface area contributed by atoms with Gasteiger partial charge in [-0.1, -0.05) is 92.0 Å². The van der Waals surface area contributed by atoms with Crippen molar-refractivity contribution >= 4 is 11.8 Å². The van der Waals surface area contributed by atoms with Crippen molar-refractivity contribution in [2.24, 2.45) is 0 Å². The van der Waals surface area contributed by atoms with Gasteiger partial charge in [-0.3, -0.25) is 9.59 Å². The van der Waals surface area contributed by atoms with Crippen LogP contribution in [-0.2, 0) is 16.0 Å². The Morgan fingerprint density at radius 3 is 2.24 bits per heavy atom. The second kappa shape index (κ2) is 11.4. The maximum Gasteiger partial charge on any atom is 0.242 e. The van der Waals surface area contributed by atoms with Gasteiger partial charge in [-0.15, -0.1) is 0 Å². The number of amides is 2. The minimum Gasteiger partial charge on any atom is -0.347 e. The number of likely N-dealkylation sites (N-methyl/N-ethyl adjacent to an activating group) is 1. The zero-order chi connectivity index (χ0) is 21.1. The molecule has 0 aliphatic heterocycles. The molecule has 150 valence electrons. The largest absolute Gasteiger partial charge is 0.347 e.